The first-order valence-corrected chi connectivity index (χ1v) is 8.93. The Balaban J connectivity index is 1.82. The van der Waals surface area contributed by atoms with Gasteiger partial charge in [0.15, 0.2) is 5.17 Å². The molecule has 1 saturated heterocycles. The number of ether oxygens (including phenoxy) is 1. The van der Waals surface area contributed by atoms with Gasteiger partial charge in [-0.25, -0.2) is 24.1 Å². The van der Waals surface area contributed by atoms with Crippen LogP contribution in [-0.4, -0.2) is 45.3 Å². The Morgan fingerprint density at radius 3 is 2.92 bits per heavy atom. The molecular formula is C17H15FN4O3S. The van der Waals surface area contributed by atoms with E-state index in [-0.39, 0.29) is 17.7 Å². The summed E-state index contributed by atoms with van der Waals surface area (Å²) in [5, 5.41) is 11.5. The Labute approximate surface area is 152 Å². The van der Waals surface area contributed by atoms with Gasteiger partial charge >= 0.3 is 6.09 Å². The van der Waals surface area contributed by atoms with Crippen molar-refractivity contribution < 1.29 is 19.0 Å². The number of thioether (sulfide) groups is 1. The Kier molecular flexibility index (Phi) is 4.33. The average Bonchev–Trinajstić information content (AvgIpc) is 3.06. The van der Waals surface area contributed by atoms with Gasteiger partial charge < -0.3 is 9.84 Å². The molecule has 2 aliphatic heterocycles. The van der Waals surface area contributed by atoms with Crippen LogP contribution in [0.1, 0.15) is 5.56 Å². The van der Waals surface area contributed by atoms with Crippen molar-refractivity contribution in [2.75, 3.05) is 19.0 Å². The molecule has 1 aromatic carbocycles. The maximum Gasteiger partial charge on any atom is 0.410 e. The molecule has 9 heteroatoms. The molecule has 2 aliphatic rings. The summed E-state index contributed by atoms with van der Waals surface area (Å²) in [6, 6.07) is 4.79. The smallest absolute Gasteiger partial charge is 0.410 e. The van der Waals surface area contributed by atoms with Gasteiger partial charge in [0.2, 0.25) is 0 Å². The highest BCUT2D eigenvalue weighted by Crippen LogP contribution is 2.46. The molecule has 26 heavy (non-hydrogen) atoms. The van der Waals surface area contributed by atoms with E-state index < -0.39 is 17.4 Å². The molecule has 0 spiro atoms. The number of benzene rings is 1. The summed E-state index contributed by atoms with van der Waals surface area (Å²) in [5.41, 5.74) is 0.979. The van der Waals surface area contributed by atoms with Crippen molar-refractivity contribution >= 4 is 23.0 Å². The van der Waals surface area contributed by atoms with Crippen molar-refractivity contribution in [2.45, 2.75) is 5.54 Å². The van der Waals surface area contributed by atoms with Gasteiger partial charge in [0.1, 0.15) is 17.7 Å². The third-order valence-corrected chi connectivity index (χ3v) is 5.62. The number of nitrogens with one attached hydrogen (secondary N) is 1. The molecule has 2 unspecified atom stereocenters. The lowest BCUT2D eigenvalue weighted by atomic mass is 9.80. The minimum absolute atomic E-state index is 0.0383. The second kappa shape index (κ2) is 6.65. The lowest BCUT2D eigenvalue weighted by Crippen LogP contribution is -2.42. The number of fused-ring (bicyclic) bond motifs is 1. The van der Waals surface area contributed by atoms with Gasteiger partial charge in [-0.2, -0.15) is 0 Å². The highest BCUT2D eigenvalue weighted by molar-refractivity contribution is 8.13. The number of halogens is 1. The van der Waals surface area contributed by atoms with Gasteiger partial charge in [-0.05, 0) is 17.7 Å². The minimum Gasteiger partial charge on any atom is -0.465 e. The molecule has 0 aliphatic carbocycles. The van der Waals surface area contributed by atoms with E-state index in [4.69, 9.17) is 9.84 Å². The summed E-state index contributed by atoms with van der Waals surface area (Å²) in [7, 11) is 0. The average molecular weight is 374 g/mol. The van der Waals surface area contributed by atoms with Crippen LogP contribution in [0.15, 0.2) is 41.9 Å². The third-order valence-electron chi connectivity index (χ3n) is 4.58. The largest absolute Gasteiger partial charge is 0.465 e. The maximum atomic E-state index is 14.8. The molecule has 2 atom stereocenters. The first-order valence-electron chi connectivity index (χ1n) is 7.94. The van der Waals surface area contributed by atoms with E-state index in [0.717, 1.165) is 11.1 Å². The van der Waals surface area contributed by atoms with Gasteiger partial charge in [-0.15, -0.1) is 0 Å². The van der Waals surface area contributed by atoms with Crippen molar-refractivity contribution in [2.24, 2.45) is 10.9 Å². The number of carboxylic acid groups (broad SMARTS) is 1. The fraction of sp³-hybridized carbons (Fsp3) is 0.294. The van der Waals surface area contributed by atoms with Crippen molar-refractivity contribution in [1.29, 1.82) is 0 Å². The van der Waals surface area contributed by atoms with Gasteiger partial charge in [-0.3, -0.25) is 5.32 Å². The number of hydrogen-bond donors (Lipinski definition) is 2. The van der Waals surface area contributed by atoms with E-state index in [2.05, 4.69) is 20.3 Å². The zero-order chi connectivity index (χ0) is 18.1. The van der Waals surface area contributed by atoms with Gasteiger partial charge in [0.25, 0.3) is 0 Å². The number of rotatable bonds is 2. The molecule has 7 nitrogen and oxygen atoms in total. The number of amides is 1. The van der Waals surface area contributed by atoms with Crippen LogP contribution in [0.3, 0.4) is 0 Å². The first kappa shape index (κ1) is 16.9. The fourth-order valence-electron chi connectivity index (χ4n) is 3.31. The first-order chi connectivity index (χ1) is 12.6. The molecule has 1 fully saturated rings. The highest BCUT2D eigenvalue weighted by atomic mass is 32.2. The summed E-state index contributed by atoms with van der Waals surface area (Å²) < 4.78 is 20.4. The highest BCUT2D eigenvalue weighted by Gasteiger charge is 2.49. The summed E-state index contributed by atoms with van der Waals surface area (Å²) in [5.74, 6) is 0.159. The molecule has 0 radical (unpaired) electrons. The zero-order valence-corrected chi connectivity index (χ0v) is 14.4. The normalized spacial score (nSPS) is 24.7. The molecule has 4 rings (SSSR count). The van der Waals surface area contributed by atoms with E-state index in [1.54, 1.807) is 24.5 Å². The molecule has 2 N–H and O–H groups in total. The molecule has 3 heterocycles. The molecule has 134 valence electrons. The predicted octanol–water partition coefficient (Wildman–Crippen LogP) is 2.49. The van der Waals surface area contributed by atoms with E-state index in [1.165, 1.54) is 24.2 Å². The fourth-order valence-corrected chi connectivity index (χ4v) is 4.43. The molecular weight excluding hydrogens is 359 g/mol. The molecule has 0 bridgehead atoms. The quantitative estimate of drug-likeness (QED) is 0.838. The standard InChI is InChI=1S/C17H15FN4O3S/c18-14-2-1-10(11-4-19-9-20-5-11)3-13(14)17-8-25-6-12(17)7-26-15(22-17)21-16(23)24/h1-5,9,12H,6-8H2,(H,21,22)(H,23,24). The zero-order valence-electron chi connectivity index (χ0n) is 13.6. The minimum atomic E-state index is -1.19. The number of hydrogen-bond acceptors (Lipinski definition) is 6. The molecule has 1 aromatic heterocycles. The molecule has 0 saturated carbocycles. The van der Waals surface area contributed by atoms with Crippen LogP contribution in [0.5, 0.6) is 0 Å². The summed E-state index contributed by atoms with van der Waals surface area (Å²) in [4.78, 5) is 23.6. The van der Waals surface area contributed by atoms with Crippen LogP contribution in [0.25, 0.3) is 11.1 Å². The Morgan fingerprint density at radius 1 is 1.35 bits per heavy atom. The predicted molar refractivity (Wildman–Crippen MR) is 94.5 cm³/mol. The Bertz CT molecular complexity index is 880. The number of nitrogens with zero attached hydrogens (tertiary/aromatic N) is 3. The van der Waals surface area contributed by atoms with Gasteiger partial charge in [-0.1, -0.05) is 17.8 Å². The summed E-state index contributed by atoms with van der Waals surface area (Å²) in [6.07, 6.45) is 3.54. The third kappa shape index (κ3) is 2.93. The summed E-state index contributed by atoms with van der Waals surface area (Å²) in [6.45, 7) is 0.656. The van der Waals surface area contributed by atoms with Crippen LogP contribution >= 0.6 is 11.8 Å². The van der Waals surface area contributed by atoms with Crippen LogP contribution in [0.4, 0.5) is 9.18 Å². The second-order valence-electron chi connectivity index (χ2n) is 6.12. The number of aliphatic imine (C=N–C) groups is 1. The number of carbonyl (C=O) groups is 1. The Hall–Kier alpha value is -2.52. The maximum absolute atomic E-state index is 14.8. The number of aromatic nitrogens is 2. The van der Waals surface area contributed by atoms with Crippen LogP contribution in [0, 0.1) is 11.7 Å². The van der Waals surface area contributed by atoms with Crippen molar-refractivity contribution in [3.05, 3.63) is 48.3 Å². The van der Waals surface area contributed by atoms with Crippen molar-refractivity contribution in [3.63, 3.8) is 0 Å². The van der Waals surface area contributed by atoms with Crippen molar-refractivity contribution in [1.82, 2.24) is 15.3 Å². The molecule has 2 aromatic rings. The topological polar surface area (TPSA) is 96.7 Å². The van der Waals surface area contributed by atoms with Crippen LogP contribution in [0.2, 0.25) is 0 Å². The van der Waals surface area contributed by atoms with Gasteiger partial charge in [0.05, 0.1) is 13.2 Å². The van der Waals surface area contributed by atoms with Crippen LogP contribution in [-0.2, 0) is 10.3 Å². The summed E-state index contributed by atoms with van der Waals surface area (Å²) >= 11 is 1.30. The van der Waals surface area contributed by atoms with E-state index in [1.807, 2.05) is 0 Å². The van der Waals surface area contributed by atoms with E-state index in [0.29, 0.717) is 17.9 Å². The van der Waals surface area contributed by atoms with Crippen molar-refractivity contribution in [3.8, 4) is 11.1 Å². The van der Waals surface area contributed by atoms with E-state index >= 15 is 0 Å². The van der Waals surface area contributed by atoms with Crippen LogP contribution < -0.4 is 5.32 Å². The lowest BCUT2D eigenvalue weighted by Gasteiger charge is -2.35. The monoisotopic (exact) mass is 374 g/mol. The number of amidine groups is 1. The second-order valence-corrected chi connectivity index (χ2v) is 7.12. The van der Waals surface area contributed by atoms with E-state index in [9.17, 15) is 9.18 Å². The SMILES string of the molecule is O=C(O)NC1=NC2(c3cc(-c4cncnc4)ccc3F)COCC2CS1. The Morgan fingerprint density at radius 2 is 2.15 bits per heavy atom. The lowest BCUT2D eigenvalue weighted by molar-refractivity contribution is 0.176. The molecule has 1 amide bonds. The van der Waals surface area contributed by atoms with Gasteiger partial charge in [0, 0.05) is 35.2 Å².